The number of hydrogen-bond acceptors (Lipinski definition) is 5. The average molecular weight is 434 g/mol. The summed E-state index contributed by atoms with van der Waals surface area (Å²) >= 11 is 0. The van der Waals surface area contributed by atoms with Gasteiger partial charge in [0.1, 0.15) is 5.82 Å². The smallest absolute Gasteiger partial charge is 0.314 e. The fourth-order valence-electron chi connectivity index (χ4n) is 5.05. The van der Waals surface area contributed by atoms with Crippen LogP contribution in [0.5, 0.6) is 0 Å². The Balaban J connectivity index is 1.45. The van der Waals surface area contributed by atoms with Crippen molar-refractivity contribution >= 4 is 11.8 Å². The van der Waals surface area contributed by atoms with E-state index < -0.39 is 18.1 Å². The summed E-state index contributed by atoms with van der Waals surface area (Å²) in [5, 5.41) is 6.81. The van der Waals surface area contributed by atoms with Gasteiger partial charge in [0, 0.05) is 29.7 Å². The molecule has 3 aliphatic rings. The lowest BCUT2D eigenvalue weighted by Gasteiger charge is -2.42. The van der Waals surface area contributed by atoms with Gasteiger partial charge in [0.05, 0.1) is 18.6 Å². The summed E-state index contributed by atoms with van der Waals surface area (Å²) in [6, 6.07) is 2.31. The molecule has 0 N–H and O–H groups in total. The molecule has 164 valence electrons. The molecule has 2 aromatic rings. The normalized spacial score (nSPS) is 23.9. The predicted molar refractivity (Wildman–Crippen MR) is 102 cm³/mol. The van der Waals surface area contributed by atoms with Crippen molar-refractivity contribution in [2.75, 3.05) is 6.54 Å². The summed E-state index contributed by atoms with van der Waals surface area (Å²) in [6.07, 6.45) is 1.91. The zero-order chi connectivity index (χ0) is 21.7. The predicted octanol–water partition coefficient (Wildman–Crippen LogP) is 3.70. The standard InChI is InChI=1S/C21H21F3N4O3/c22-14-9-11(19-25-26-20(31-19)18(23)24)8-12-13(14)10-28(21(12)30)16-5-2-1-4-15(16)27-7-3-6-17(27)29/h8-9,15-16,18H,1-7,10H2/t15-,16-/m1/s1. The van der Waals surface area contributed by atoms with E-state index in [-0.39, 0.29) is 53.0 Å². The van der Waals surface area contributed by atoms with Gasteiger partial charge in [-0.2, -0.15) is 8.78 Å². The van der Waals surface area contributed by atoms with E-state index in [4.69, 9.17) is 4.42 Å². The number of likely N-dealkylation sites (tertiary alicyclic amines) is 1. The molecule has 2 amide bonds. The van der Waals surface area contributed by atoms with Crippen LogP contribution in [-0.2, 0) is 11.3 Å². The molecule has 2 aliphatic heterocycles. The first-order chi connectivity index (χ1) is 14.9. The molecule has 0 radical (unpaired) electrons. The van der Waals surface area contributed by atoms with Crippen LogP contribution < -0.4 is 0 Å². The fourth-order valence-corrected chi connectivity index (χ4v) is 5.05. The maximum absolute atomic E-state index is 14.9. The van der Waals surface area contributed by atoms with E-state index in [2.05, 4.69) is 10.2 Å². The summed E-state index contributed by atoms with van der Waals surface area (Å²) in [4.78, 5) is 29.1. The SMILES string of the molecule is O=C1CCCN1[C@@H]1CCCC[C@H]1N1Cc2c(F)cc(-c3nnc(C(F)F)o3)cc2C1=O. The van der Waals surface area contributed by atoms with E-state index in [1.807, 2.05) is 4.90 Å². The molecule has 2 atom stereocenters. The molecular weight excluding hydrogens is 413 g/mol. The van der Waals surface area contributed by atoms with Crippen molar-refractivity contribution in [3.63, 3.8) is 0 Å². The Morgan fingerprint density at radius 1 is 1.03 bits per heavy atom. The minimum absolute atomic E-state index is 0.0610. The van der Waals surface area contributed by atoms with Gasteiger partial charge in [0.15, 0.2) is 0 Å². The van der Waals surface area contributed by atoms with Gasteiger partial charge in [-0.05, 0) is 31.4 Å². The van der Waals surface area contributed by atoms with Crippen LogP contribution in [0.25, 0.3) is 11.5 Å². The van der Waals surface area contributed by atoms with E-state index >= 15 is 0 Å². The molecule has 0 spiro atoms. The van der Waals surface area contributed by atoms with Crippen molar-refractivity contribution in [1.82, 2.24) is 20.0 Å². The van der Waals surface area contributed by atoms with Gasteiger partial charge >= 0.3 is 6.43 Å². The minimum atomic E-state index is -2.94. The van der Waals surface area contributed by atoms with E-state index in [1.165, 1.54) is 6.07 Å². The summed E-state index contributed by atoms with van der Waals surface area (Å²) < 4.78 is 45.3. The molecule has 31 heavy (non-hydrogen) atoms. The number of halogens is 3. The largest absolute Gasteiger partial charge is 0.415 e. The van der Waals surface area contributed by atoms with E-state index in [9.17, 15) is 22.8 Å². The van der Waals surface area contributed by atoms with Crippen molar-refractivity contribution < 1.29 is 27.2 Å². The van der Waals surface area contributed by atoms with Crippen LogP contribution in [-0.4, -0.2) is 50.4 Å². The molecule has 1 saturated carbocycles. The van der Waals surface area contributed by atoms with E-state index in [0.29, 0.717) is 13.0 Å². The average Bonchev–Trinajstić information content (AvgIpc) is 3.48. The van der Waals surface area contributed by atoms with Gasteiger partial charge in [0.2, 0.25) is 11.8 Å². The van der Waals surface area contributed by atoms with E-state index in [0.717, 1.165) is 38.2 Å². The van der Waals surface area contributed by atoms with E-state index in [1.54, 1.807) is 4.90 Å². The van der Waals surface area contributed by atoms with Crippen molar-refractivity contribution in [2.45, 2.75) is 63.6 Å². The quantitative estimate of drug-likeness (QED) is 0.733. The molecule has 10 heteroatoms. The van der Waals surface area contributed by atoms with Gasteiger partial charge in [-0.3, -0.25) is 9.59 Å². The number of benzene rings is 1. The maximum Gasteiger partial charge on any atom is 0.314 e. The van der Waals surface area contributed by atoms with Crippen LogP contribution in [0.15, 0.2) is 16.5 Å². The third kappa shape index (κ3) is 3.37. The van der Waals surface area contributed by atoms with Crippen LogP contribution >= 0.6 is 0 Å². The number of fused-ring (bicyclic) bond motifs is 1. The number of alkyl halides is 2. The second kappa shape index (κ2) is 7.65. The number of rotatable bonds is 4. The lowest BCUT2D eigenvalue weighted by atomic mass is 9.88. The summed E-state index contributed by atoms with van der Waals surface area (Å²) in [5.41, 5.74) is 0.518. The molecular formula is C21H21F3N4O3. The second-order valence-electron chi connectivity index (χ2n) is 8.27. The van der Waals surface area contributed by atoms with Crippen LogP contribution in [0.1, 0.15) is 66.8 Å². The first kappa shape index (κ1) is 20.0. The number of amides is 2. The van der Waals surface area contributed by atoms with Crippen molar-refractivity contribution in [1.29, 1.82) is 0 Å². The van der Waals surface area contributed by atoms with Gasteiger partial charge < -0.3 is 14.2 Å². The molecule has 0 unspecified atom stereocenters. The van der Waals surface area contributed by atoms with Crippen molar-refractivity contribution in [3.05, 3.63) is 35.0 Å². The molecule has 1 saturated heterocycles. The molecule has 3 heterocycles. The lowest BCUT2D eigenvalue weighted by molar-refractivity contribution is -0.131. The number of carbonyl (C=O) groups is 2. The van der Waals surface area contributed by atoms with Crippen LogP contribution in [0, 0.1) is 5.82 Å². The Kier molecular flexibility index (Phi) is 4.94. The highest BCUT2D eigenvalue weighted by molar-refractivity contribution is 5.99. The van der Waals surface area contributed by atoms with Crippen LogP contribution in [0.3, 0.4) is 0 Å². The Bertz CT molecular complexity index is 1040. The molecule has 1 aromatic heterocycles. The van der Waals surface area contributed by atoms with Gasteiger partial charge in [-0.15, -0.1) is 10.2 Å². The highest BCUT2D eigenvalue weighted by Gasteiger charge is 2.43. The zero-order valence-electron chi connectivity index (χ0n) is 16.7. The Morgan fingerprint density at radius 3 is 2.42 bits per heavy atom. The Labute approximate surface area is 176 Å². The number of nitrogens with zero attached hydrogens (tertiary/aromatic N) is 4. The fraction of sp³-hybridized carbons (Fsp3) is 0.524. The molecule has 7 nitrogen and oxygen atoms in total. The summed E-state index contributed by atoms with van der Waals surface area (Å²) in [6.45, 7) is 0.812. The monoisotopic (exact) mass is 434 g/mol. The third-order valence-corrected chi connectivity index (χ3v) is 6.49. The highest BCUT2D eigenvalue weighted by Crippen LogP contribution is 2.37. The Morgan fingerprint density at radius 2 is 1.77 bits per heavy atom. The van der Waals surface area contributed by atoms with Crippen LogP contribution in [0.2, 0.25) is 0 Å². The van der Waals surface area contributed by atoms with Gasteiger partial charge in [-0.1, -0.05) is 12.8 Å². The third-order valence-electron chi connectivity index (χ3n) is 6.49. The number of hydrogen-bond donors (Lipinski definition) is 0. The molecule has 1 aliphatic carbocycles. The molecule has 5 rings (SSSR count). The summed E-state index contributed by atoms with van der Waals surface area (Å²) in [5.74, 6) is -1.95. The Hall–Kier alpha value is -2.91. The maximum atomic E-state index is 14.9. The topological polar surface area (TPSA) is 79.5 Å². The number of aromatic nitrogens is 2. The van der Waals surface area contributed by atoms with Gasteiger partial charge in [-0.25, -0.2) is 4.39 Å². The van der Waals surface area contributed by atoms with Crippen molar-refractivity contribution in [2.24, 2.45) is 0 Å². The minimum Gasteiger partial charge on any atom is -0.415 e. The first-order valence-electron chi connectivity index (χ1n) is 10.5. The van der Waals surface area contributed by atoms with Crippen LogP contribution in [0.4, 0.5) is 13.2 Å². The summed E-state index contributed by atoms with van der Waals surface area (Å²) in [7, 11) is 0. The van der Waals surface area contributed by atoms with Crippen molar-refractivity contribution in [3.8, 4) is 11.5 Å². The first-order valence-corrected chi connectivity index (χ1v) is 10.5. The molecule has 2 fully saturated rings. The highest BCUT2D eigenvalue weighted by atomic mass is 19.3. The van der Waals surface area contributed by atoms with Gasteiger partial charge in [0.25, 0.3) is 11.8 Å². The zero-order valence-corrected chi connectivity index (χ0v) is 16.7. The molecule has 0 bridgehead atoms. The lowest BCUT2D eigenvalue weighted by Crippen LogP contribution is -2.53. The second-order valence-corrected chi connectivity index (χ2v) is 8.27. The number of carbonyl (C=O) groups excluding carboxylic acids is 2. The molecule has 1 aromatic carbocycles.